The minimum absolute atomic E-state index is 0.00988. The van der Waals surface area contributed by atoms with Crippen LogP contribution < -0.4 is 0 Å². The zero-order valence-electron chi connectivity index (χ0n) is 16.2. The van der Waals surface area contributed by atoms with Crippen LogP contribution in [0.25, 0.3) is 0 Å². The van der Waals surface area contributed by atoms with Gasteiger partial charge in [-0.2, -0.15) is 11.8 Å². The van der Waals surface area contributed by atoms with Crippen LogP contribution in [0.5, 0.6) is 0 Å². The van der Waals surface area contributed by atoms with E-state index >= 15 is 0 Å². The lowest BCUT2D eigenvalue weighted by molar-refractivity contribution is -0.149. The van der Waals surface area contributed by atoms with E-state index in [0.717, 1.165) is 50.0 Å². The molecule has 7 heteroatoms. The molecule has 0 spiro atoms. The molecular weight excluding hydrogens is 368 g/mol. The van der Waals surface area contributed by atoms with Crippen molar-refractivity contribution in [2.75, 3.05) is 24.7 Å². The summed E-state index contributed by atoms with van der Waals surface area (Å²) in [6.45, 7) is 5.06. The highest BCUT2D eigenvalue weighted by Gasteiger charge is 2.57. The van der Waals surface area contributed by atoms with E-state index in [2.05, 4.69) is 13.8 Å². The topological polar surface area (TPSA) is 77.7 Å². The summed E-state index contributed by atoms with van der Waals surface area (Å²) in [5.74, 6) is 1.25. The average molecular weight is 399 g/mol. The monoisotopic (exact) mass is 398 g/mol. The van der Waals surface area contributed by atoms with Gasteiger partial charge in [-0.1, -0.05) is 0 Å². The molecule has 0 radical (unpaired) electrons. The number of ether oxygens (including phenoxy) is 4. The second kappa shape index (κ2) is 7.56. The maximum Gasteiger partial charge on any atom is 0.309 e. The van der Waals surface area contributed by atoms with Gasteiger partial charge in [0.05, 0.1) is 35.2 Å². The Labute approximate surface area is 165 Å². The number of esters is 2. The van der Waals surface area contributed by atoms with Gasteiger partial charge in [0.2, 0.25) is 0 Å². The van der Waals surface area contributed by atoms with E-state index in [-0.39, 0.29) is 47.2 Å². The van der Waals surface area contributed by atoms with Crippen molar-refractivity contribution in [2.45, 2.75) is 75.8 Å². The molecule has 6 atom stereocenters. The van der Waals surface area contributed by atoms with Crippen molar-refractivity contribution < 1.29 is 28.5 Å². The minimum Gasteiger partial charge on any atom is -0.465 e. The van der Waals surface area contributed by atoms with E-state index in [1.165, 1.54) is 0 Å². The van der Waals surface area contributed by atoms with Crippen LogP contribution in [0, 0.1) is 11.8 Å². The third-order valence-corrected chi connectivity index (χ3v) is 7.57. The Morgan fingerprint density at radius 2 is 1.33 bits per heavy atom. The van der Waals surface area contributed by atoms with Gasteiger partial charge < -0.3 is 18.9 Å². The highest BCUT2D eigenvalue weighted by molar-refractivity contribution is 7.99. The molecule has 0 N–H and O–H groups in total. The normalized spacial score (nSPS) is 41.9. The van der Waals surface area contributed by atoms with Crippen LogP contribution in [0.4, 0.5) is 0 Å². The molecule has 0 aromatic carbocycles. The smallest absolute Gasteiger partial charge is 0.309 e. The van der Waals surface area contributed by atoms with Gasteiger partial charge in [0, 0.05) is 11.5 Å². The van der Waals surface area contributed by atoms with Crippen LogP contribution in [0.15, 0.2) is 0 Å². The van der Waals surface area contributed by atoms with E-state index in [1.807, 2.05) is 0 Å². The van der Waals surface area contributed by atoms with Gasteiger partial charge in [0.15, 0.2) is 0 Å². The number of carbonyl (C=O) groups is 2. The molecule has 6 nitrogen and oxygen atoms in total. The molecule has 0 bridgehead atoms. The van der Waals surface area contributed by atoms with E-state index in [0.29, 0.717) is 13.2 Å². The Morgan fingerprint density at radius 3 is 1.74 bits per heavy atom. The Kier molecular flexibility index (Phi) is 5.47. The summed E-state index contributed by atoms with van der Waals surface area (Å²) >= 11 is 1.64. The Bertz CT molecular complexity index is 547. The molecule has 4 rings (SSSR count). The Morgan fingerprint density at radius 1 is 0.889 bits per heavy atom. The second-order valence-electron chi connectivity index (χ2n) is 8.73. The molecule has 27 heavy (non-hydrogen) atoms. The number of thioether (sulfide) groups is 1. The zero-order valence-corrected chi connectivity index (χ0v) is 17.1. The number of fused-ring (bicyclic) bond motifs is 2. The molecular formula is C20H30O6S. The summed E-state index contributed by atoms with van der Waals surface area (Å²) in [7, 11) is 0. The summed E-state index contributed by atoms with van der Waals surface area (Å²) in [4.78, 5) is 24.2. The quantitative estimate of drug-likeness (QED) is 0.353. The van der Waals surface area contributed by atoms with Crippen molar-refractivity contribution in [3.63, 3.8) is 0 Å². The first-order chi connectivity index (χ1) is 12.9. The highest BCUT2D eigenvalue weighted by Crippen LogP contribution is 2.50. The highest BCUT2D eigenvalue weighted by atomic mass is 32.2. The molecule has 2 saturated heterocycles. The maximum atomic E-state index is 12.1. The van der Waals surface area contributed by atoms with Gasteiger partial charge in [-0.25, -0.2) is 0 Å². The largest absolute Gasteiger partial charge is 0.465 e. The molecule has 4 fully saturated rings. The minimum atomic E-state index is -0.0915. The van der Waals surface area contributed by atoms with E-state index < -0.39 is 0 Å². The number of hydrogen-bond donors (Lipinski definition) is 0. The number of hydrogen-bond acceptors (Lipinski definition) is 7. The molecule has 2 aliphatic heterocycles. The summed E-state index contributed by atoms with van der Waals surface area (Å²) in [5, 5.41) is 0. The third-order valence-electron chi connectivity index (χ3n) is 6.66. The SMILES string of the molecule is CC12CCC(C(=O)OCCSCCOC(=O)C3CCC4(C)OC4C3)CC1O2. The van der Waals surface area contributed by atoms with Gasteiger partial charge in [-0.15, -0.1) is 0 Å². The first-order valence-corrected chi connectivity index (χ1v) is 11.3. The van der Waals surface area contributed by atoms with Crippen molar-refractivity contribution in [1.29, 1.82) is 0 Å². The third kappa shape index (κ3) is 4.46. The fourth-order valence-corrected chi connectivity index (χ4v) is 5.07. The van der Waals surface area contributed by atoms with Crippen molar-refractivity contribution in [3.05, 3.63) is 0 Å². The Hall–Kier alpha value is -0.790. The maximum absolute atomic E-state index is 12.1. The molecule has 152 valence electrons. The first kappa shape index (κ1) is 19.5. The van der Waals surface area contributed by atoms with E-state index in [1.54, 1.807) is 11.8 Å². The van der Waals surface area contributed by atoms with E-state index in [4.69, 9.17) is 18.9 Å². The van der Waals surface area contributed by atoms with Gasteiger partial charge in [-0.05, 0) is 52.4 Å². The molecule has 0 aromatic rings. The lowest BCUT2D eigenvalue weighted by Gasteiger charge is -2.21. The molecule has 0 amide bonds. The van der Waals surface area contributed by atoms with Crippen LogP contribution in [0.2, 0.25) is 0 Å². The molecule has 6 unspecified atom stereocenters. The fraction of sp³-hybridized carbons (Fsp3) is 0.900. The molecule has 0 aromatic heterocycles. The van der Waals surface area contributed by atoms with Gasteiger partial charge in [0.1, 0.15) is 13.2 Å². The van der Waals surface area contributed by atoms with Crippen molar-refractivity contribution in [1.82, 2.24) is 0 Å². The molecule has 2 heterocycles. The van der Waals surface area contributed by atoms with Crippen molar-refractivity contribution in [2.24, 2.45) is 11.8 Å². The summed E-state index contributed by atoms with van der Waals surface area (Å²) < 4.78 is 22.0. The van der Waals surface area contributed by atoms with Crippen LogP contribution in [-0.4, -0.2) is 60.1 Å². The number of rotatable bonds is 8. The molecule has 2 aliphatic carbocycles. The van der Waals surface area contributed by atoms with Crippen LogP contribution in [0.3, 0.4) is 0 Å². The second-order valence-corrected chi connectivity index (χ2v) is 9.95. The van der Waals surface area contributed by atoms with Crippen LogP contribution in [0.1, 0.15) is 52.4 Å². The van der Waals surface area contributed by atoms with Gasteiger partial charge >= 0.3 is 11.9 Å². The molecule has 4 aliphatic rings. The Balaban J connectivity index is 1.01. The number of carbonyl (C=O) groups excluding carboxylic acids is 2. The summed E-state index contributed by atoms with van der Waals surface area (Å²) in [6, 6.07) is 0. The number of epoxide rings is 2. The van der Waals surface area contributed by atoms with Crippen molar-refractivity contribution in [3.8, 4) is 0 Å². The van der Waals surface area contributed by atoms with Gasteiger partial charge in [-0.3, -0.25) is 9.59 Å². The fourth-order valence-electron chi connectivity index (χ4n) is 4.46. The van der Waals surface area contributed by atoms with Gasteiger partial charge in [0.25, 0.3) is 0 Å². The first-order valence-electron chi connectivity index (χ1n) is 10.2. The standard InChI is InChI=1S/C20H30O6S/c1-19-5-3-13(11-15(19)25-19)17(21)23-7-9-27-10-8-24-18(22)14-4-6-20(2)16(12-14)26-20/h13-16H,3-12H2,1-2H3. The summed E-state index contributed by atoms with van der Waals surface area (Å²) in [6.07, 6.45) is 5.71. The predicted molar refractivity (Wildman–Crippen MR) is 100 cm³/mol. The van der Waals surface area contributed by atoms with Crippen LogP contribution in [-0.2, 0) is 28.5 Å². The summed E-state index contributed by atoms with van der Waals surface area (Å²) in [5.41, 5.74) is 0.0695. The van der Waals surface area contributed by atoms with E-state index in [9.17, 15) is 9.59 Å². The predicted octanol–water partition coefficient (Wildman–Crippen LogP) is 2.72. The lowest BCUT2D eigenvalue weighted by Crippen LogP contribution is -2.28. The van der Waals surface area contributed by atoms with Crippen molar-refractivity contribution >= 4 is 23.7 Å². The molecule has 2 saturated carbocycles. The van der Waals surface area contributed by atoms with Crippen LogP contribution >= 0.6 is 11.8 Å². The zero-order chi connectivity index (χ0) is 19.1. The lowest BCUT2D eigenvalue weighted by atomic mass is 9.83. The average Bonchev–Trinajstić information content (AvgIpc) is 3.51.